The summed E-state index contributed by atoms with van der Waals surface area (Å²) in [5.74, 6) is 0. The molecule has 0 amide bonds. The van der Waals surface area contributed by atoms with Gasteiger partial charge in [-0.15, -0.1) is 0 Å². The van der Waals surface area contributed by atoms with E-state index in [1.54, 1.807) is 7.11 Å². The minimum atomic E-state index is -0.0569. The van der Waals surface area contributed by atoms with Gasteiger partial charge in [0, 0.05) is 40.2 Å². The van der Waals surface area contributed by atoms with E-state index < -0.39 is 0 Å². The van der Waals surface area contributed by atoms with Crippen LogP contribution >= 0.6 is 12.0 Å². The van der Waals surface area contributed by atoms with Crippen molar-refractivity contribution in [3.8, 4) is 0 Å². The first-order chi connectivity index (χ1) is 15.1. The number of hydrogen-bond donors (Lipinski definition) is 2. The Morgan fingerprint density at radius 3 is 2.23 bits per heavy atom. The van der Waals surface area contributed by atoms with Gasteiger partial charge in [0.1, 0.15) is 0 Å². The largest absolute Gasteiger partial charge is 0.362 e. The van der Waals surface area contributed by atoms with Gasteiger partial charge in [0.25, 0.3) is 0 Å². The van der Waals surface area contributed by atoms with Crippen molar-refractivity contribution >= 4 is 29.1 Å². The highest BCUT2D eigenvalue weighted by atomic mass is 32.2. The zero-order valence-corrected chi connectivity index (χ0v) is 19.2. The minimum Gasteiger partial charge on any atom is -0.362 e. The van der Waals surface area contributed by atoms with Crippen LogP contribution in [0.4, 0.5) is 17.1 Å². The third-order valence-corrected chi connectivity index (χ3v) is 5.56. The number of benzene rings is 3. The summed E-state index contributed by atoms with van der Waals surface area (Å²) >= 11 is 1.39. The Balaban J connectivity index is 1.72. The van der Waals surface area contributed by atoms with Crippen LogP contribution < -0.4 is 10.6 Å². The molecular formula is C27H30N2OS. The average molecular weight is 431 g/mol. The van der Waals surface area contributed by atoms with E-state index in [0.29, 0.717) is 0 Å². The van der Waals surface area contributed by atoms with Crippen molar-refractivity contribution in [3.63, 3.8) is 0 Å². The Morgan fingerprint density at radius 1 is 0.871 bits per heavy atom. The summed E-state index contributed by atoms with van der Waals surface area (Å²) < 4.78 is 5.28. The van der Waals surface area contributed by atoms with Gasteiger partial charge in [-0.05, 0) is 65.9 Å². The van der Waals surface area contributed by atoms with Crippen molar-refractivity contribution in [3.05, 3.63) is 109 Å². The molecule has 0 atom stereocenters. The molecule has 0 saturated carbocycles. The predicted octanol–water partition coefficient (Wildman–Crippen LogP) is 7.93. The zero-order chi connectivity index (χ0) is 21.9. The van der Waals surface area contributed by atoms with Gasteiger partial charge in [-0.3, -0.25) is 0 Å². The van der Waals surface area contributed by atoms with Crippen LogP contribution in [0.3, 0.4) is 0 Å². The van der Waals surface area contributed by atoms with Gasteiger partial charge in [0.15, 0.2) is 0 Å². The van der Waals surface area contributed by atoms with E-state index in [-0.39, 0.29) is 5.41 Å². The van der Waals surface area contributed by atoms with Gasteiger partial charge >= 0.3 is 0 Å². The second-order valence-electron chi connectivity index (χ2n) is 7.83. The molecule has 0 aliphatic heterocycles. The molecule has 3 aromatic carbocycles. The van der Waals surface area contributed by atoms with Gasteiger partial charge in [0.05, 0.1) is 7.11 Å². The third-order valence-electron chi connectivity index (χ3n) is 4.95. The van der Waals surface area contributed by atoms with E-state index in [1.165, 1.54) is 17.6 Å². The van der Waals surface area contributed by atoms with Crippen molar-refractivity contribution < 1.29 is 4.18 Å². The predicted molar refractivity (Wildman–Crippen MR) is 135 cm³/mol. The molecule has 4 heteroatoms. The molecule has 31 heavy (non-hydrogen) atoms. The van der Waals surface area contributed by atoms with Gasteiger partial charge < -0.3 is 14.8 Å². The van der Waals surface area contributed by atoms with Crippen LogP contribution in [0, 0.1) is 0 Å². The number of rotatable bonds is 10. The van der Waals surface area contributed by atoms with Gasteiger partial charge in [-0.25, -0.2) is 0 Å². The molecule has 0 heterocycles. The highest BCUT2D eigenvalue weighted by Gasteiger charge is 2.23. The molecule has 3 aromatic rings. The van der Waals surface area contributed by atoms with E-state index in [0.717, 1.165) is 28.4 Å². The number of anilines is 3. The van der Waals surface area contributed by atoms with Crippen LogP contribution in [-0.2, 0) is 9.60 Å². The van der Waals surface area contributed by atoms with E-state index in [2.05, 4.69) is 67.0 Å². The molecule has 0 unspecified atom stereocenters. The number of nitrogens with one attached hydrogen (secondary N) is 2. The fraction of sp³-hybridized carbons (Fsp3) is 0.185. The lowest BCUT2D eigenvalue weighted by Gasteiger charge is -2.27. The lowest BCUT2D eigenvalue weighted by Crippen LogP contribution is -2.18. The maximum Gasteiger partial charge on any atom is 0.0508 e. The van der Waals surface area contributed by atoms with Crippen molar-refractivity contribution in [2.45, 2.75) is 30.6 Å². The van der Waals surface area contributed by atoms with Crippen LogP contribution in [0.2, 0.25) is 0 Å². The van der Waals surface area contributed by atoms with E-state index in [1.807, 2.05) is 60.8 Å². The normalized spacial score (nSPS) is 11.8. The highest BCUT2D eigenvalue weighted by Crippen LogP contribution is 2.37. The Hall–Kier alpha value is -2.95. The third kappa shape index (κ3) is 7.06. The van der Waals surface area contributed by atoms with Crippen molar-refractivity contribution in [2.75, 3.05) is 17.7 Å². The Morgan fingerprint density at radius 2 is 1.55 bits per heavy atom. The SMILES string of the molecule is COSc1ccc(Nc2ccccc2)c(C(C)(C)C/C=C/C=C/Nc2ccccc2)c1. The van der Waals surface area contributed by atoms with E-state index in [9.17, 15) is 0 Å². The maximum atomic E-state index is 5.28. The second-order valence-corrected chi connectivity index (χ2v) is 8.81. The molecule has 160 valence electrons. The van der Waals surface area contributed by atoms with Crippen LogP contribution in [0.15, 0.2) is 108 Å². The summed E-state index contributed by atoms with van der Waals surface area (Å²) in [6.07, 6.45) is 9.20. The summed E-state index contributed by atoms with van der Waals surface area (Å²) in [5, 5.41) is 6.85. The van der Waals surface area contributed by atoms with Crippen LogP contribution in [-0.4, -0.2) is 7.11 Å². The summed E-state index contributed by atoms with van der Waals surface area (Å²) in [4.78, 5) is 1.10. The fourth-order valence-electron chi connectivity index (χ4n) is 3.30. The Kier molecular flexibility index (Phi) is 8.39. The summed E-state index contributed by atoms with van der Waals surface area (Å²) in [6.45, 7) is 4.55. The first-order valence-electron chi connectivity index (χ1n) is 10.4. The van der Waals surface area contributed by atoms with Crippen LogP contribution in [0.1, 0.15) is 25.8 Å². The molecule has 0 bridgehead atoms. The molecule has 2 N–H and O–H groups in total. The van der Waals surface area contributed by atoms with Crippen molar-refractivity contribution in [2.24, 2.45) is 0 Å². The lowest BCUT2D eigenvalue weighted by molar-refractivity contribution is 0.489. The lowest BCUT2D eigenvalue weighted by atomic mass is 9.80. The standard InChI is InChI=1S/C27H30N2OS/c1-27(2,19-11-6-12-20-28-22-13-7-4-8-14-22)25-21-24(31-30-3)17-18-26(25)29-23-15-9-5-10-16-23/h4-18,20-21,28-29H,19H2,1-3H3/b11-6+,20-12+. The summed E-state index contributed by atoms with van der Waals surface area (Å²) in [5.41, 5.74) is 4.48. The van der Waals surface area contributed by atoms with Gasteiger partial charge in [-0.2, -0.15) is 0 Å². The minimum absolute atomic E-state index is 0.0569. The monoisotopic (exact) mass is 430 g/mol. The van der Waals surface area contributed by atoms with Gasteiger partial charge in [0.2, 0.25) is 0 Å². The van der Waals surface area contributed by atoms with Gasteiger partial charge in [-0.1, -0.05) is 62.4 Å². The molecule has 0 fully saturated rings. The quantitative estimate of drug-likeness (QED) is 0.253. The molecule has 3 rings (SSSR count). The molecular weight excluding hydrogens is 400 g/mol. The zero-order valence-electron chi connectivity index (χ0n) is 18.3. The fourth-order valence-corrected chi connectivity index (χ4v) is 3.78. The molecule has 0 aliphatic rings. The Bertz CT molecular complexity index is 998. The van der Waals surface area contributed by atoms with Crippen LogP contribution in [0.5, 0.6) is 0 Å². The number of hydrogen-bond acceptors (Lipinski definition) is 4. The first kappa shape index (κ1) is 22.7. The molecule has 0 aromatic heterocycles. The maximum absolute atomic E-state index is 5.28. The van der Waals surface area contributed by atoms with E-state index >= 15 is 0 Å². The molecule has 0 aliphatic carbocycles. The van der Waals surface area contributed by atoms with Crippen LogP contribution in [0.25, 0.3) is 0 Å². The highest BCUT2D eigenvalue weighted by molar-refractivity contribution is 7.94. The first-order valence-corrected chi connectivity index (χ1v) is 11.1. The smallest absolute Gasteiger partial charge is 0.0508 e. The molecule has 0 spiro atoms. The average Bonchev–Trinajstić information content (AvgIpc) is 2.79. The summed E-state index contributed by atoms with van der Waals surface area (Å²) in [7, 11) is 1.70. The molecule has 0 saturated heterocycles. The molecule has 3 nitrogen and oxygen atoms in total. The second kappa shape index (κ2) is 11.4. The van der Waals surface area contributed by atoms with Crippen molar-refractivity contribution in [1.82, 2.24) is 0 Å². The van der Waals surface area contributed by atoms with E-state index in [4.69, 9.17) is 4.18 Å². The topological polar surface area (TPSA) is 33.3 Å². The Labute approximate surface area is 190 Å². The number of para-hydroxylation sites is 2. The summed E-state index contributed by atoms with van der Waals surface area (Å²) in [6, 6.07) is 26.9. The van der Waals surface area contributed by atoms with Crippen molar-refractivity contribution in [1.29, 1.82) is 0 Å². The number of allylic oxidation sites excluding steroid dienone is 3. The molecule has 0 radical (unpaired) electrons.